The summed E-state index contributed by atoms with van der Waals surface area (Å²) >= 11 is 0. The van der Waals surface area contributed by atoms with Crippen LogP contribution in [0, 0.1) is 6.92 Å². The molecule has 0 unspecified atom stereocenters. The summed E-state index contributed by atoms with van der Waals surface area (Å²) in [5.74, 6) is 1.63. The van der Waals surface area contributed by atoms with Crippen molar-refractivity contribution < 1.29 is 14.3 Å². The first-order chi connectivity index (χ1) is 13.6. The Kier molecular flexibility index (Phi) is 4.92. The molecule has 1 aliphatic carbocycles. The summed E-state index contributed by atoms with van der Waals surface area (Å²) in [6.45, 7) is 1.85. The van der Waals surface area contributed by atoms with E-state index in [1.54, 1.807) is 13.2 Å². The van der Waals surface area contributed by atoms with Gasteiger partial charge in [-0.25, -0.2) is 4.68 Å². The summed E-state index contributed by atoms with van der Waals surface area (Å²) in [5.41, 5.74) is 2.65. The molecule has 4 rings (SSSR count). The molecule has 144 valence electrons. The number of methoxy groups -OCH3 is 1. The van der Waals surface area contributed by atoms with Crippen molar-refractivity contribution in [3.63, 3.8) is 0 Å². The Labute approximate surface area is 162 Å². The van der Waals surface area contributed by atoms with Crippen molar-refractivity contribution in [3.8, 4) is 22.9 Å². The van der Waals surface area contributed by atoms with Crippen LogP contribution in [0.25, 0.3) is 11.4 Å². The normalized spacial score (nSPS) is 13.2. The van der Waals surface area contributed by atoms with Gasteiger partial charge in [-0.3, -0.25) is 4.79 Å². The standard InChI is InChI=1S/C20H21N5O3/c1-13-3-10-17(18(11-13)27-2)28-12-19(26)21-15-6-4-14(5-7-15)20-22-23-24-25(20)16-8-9-16/h3-7,10-11,16H,8-9,12H2,1-2H3,(H,21,26). The molecule has 0 bridgehead atoms. The smallest absolute Gasteiger partial charge is 0.262 e. The average Bonchev–Trinajstić information content (AvgIpc) is 3.44. The highest BCUT2D eigenvalue weighted by Crippen LogP contribution is 2.36. The lowest BCUT2D eigenvalue weighted by Gasteiger charge is -2.11. The van der Waals surface area contributed by atoms with E-state index in [0.29, 0.717) is 23.2 Å². The van der Waals surface area contributed by atoms with E-state index in [4.69, 9.17) is 9.47 Å². The first-order valence-electron chi connectivity index (χ1n) is 9.09. The molecule has 28 heavy (non-hydrogen) atoms. The number of ether oxygens (including phenoxy) is 2. The summed E-state index contributed by atoms with van der Waals surface area (Å²) in [5, 5.41) is 14.8. The number of nitrogens with zero attached hydrogens (tertiary/aromatic N) is 4. The van der Waals surface area contributed by atoms with Crippen molar-refractivity contribution in [1.82, 2.24) is 20.2 Å². The van der Waals surface area contributed by atoms with Crippen LogP contribution in [0.3, 0.4) is 0 Å². The third-order valence-corrected chi connectivity index (χ3v) is 4.49. The highest BCUT2D eigenvalue weighted by Gasteiger charge is 2.28. The van der Waals surface area contributed by atoms with Crippen molar-refractivity contribution >= 4 is 11.6 Å². The number of aryl methyl sites for hydroxylation is 1. The predicted molar refractivity (Wildman–Crippen MR) is 103 cm³/mol. The van der Waals surface area contributed by atoms with E-state index in [0.717, 1.165) is 29.8 Å². The summed E-state index contributed by atoms with van der Waals surface area (Å²) < 4.78 is 12.7. The molecule has 1 aliphatic rings. The molecule has 0 saturated heterocycles. The number of anilines is 1. The van der Waals surface area contributed by atoms with Gasteiger partial charge in [0.2, 0.25) is 0 Å². The Morgan fingerprint density at radius 3 is 2.68 bits per heavy atom. The minimum absolute atomic E-state index is 0.110. The molecular formula is C20H21N5O3. The van der Waals surface area contributed by atoms with Gasteiger partial charge >= 0.3 is 0 Å². The van der Waals surface area contributed by atoms with E-state index >= 15 is 0 Å². The Balaban J connectivity index is 1.36. The van der Waals surface area contributed by atoms with Crippen LogP contribution in [0.5, 0.6) is 11.5 Å². The second-order valence-corrected chi connectivity index (χ2v) is 6.75. The van der Waals surface area contributed by atoms with Gasteiger partial charge in [-0.15, -0.1) is 5.10 Å². The summed E-state index contributed by atoms with van der Waals surface area (Å²) in [6, 6.07) is 13.4. The minimum atomic E-state index is -0.252. The molecule has 0 spiro atoms. The first-order valence-corrected chi connectivity index (χ1v) is 9.09. The Hall–Kier alpha value is -3.42. The first kappa shape index (κ1) is 18.0. The molecule has 0 atom stereocenters. The fraction of sp³-hybridized carbons (Fsp3) is 0.300. The van der Waals surface area contributed by atoms with Gasteiger partial charge in [0.15, 0.2) is 23.9 Å². The predicted octanol–water partition coefficient (Wildman–Crippen LogP) is 3.01. The maximum Gasteiger partial charge on any atom is 0.262 e. The van der Waals surface area contributed by atoms with Gasteiger partial charge in [-0.05, 0) is 72.2 Å². The third kappa shape index (κ3) is 3.95. The molecule has 3 aromatic rings. The van der Waals surface area contributed by atoms with Crippen LogP contribution in [0.4, 0.5) is 5.69 Å². The summed E-state index contributed by atoms with van der Waals surface area (Å²) in [6.07, 6.45) is 2.22. The summed E-state index contributed by atoms with van der Waals surface area (Å²) in [7, 11) is 1.57. The molecule has 1 saturated carbocycles. The van der Waals surface area contributed by atoms with E-state index in [2.05, 4.69) is 20.8 Å². The fourth-order valence-corrected chi connectivity index (χ4v) is 2.89. The molecule has 8 heteroatoms. The number of carbonyl (C=O) groups excluding carboxylic acids is 1. The topological polar surface area (TPSA) is 91.2 Å². The van der Waals surface area contributed by atoms with Gasteiger partial charge in [0, 0.05) is 11.3 Å². The lowest BCUT2D eigenvalue weighted by Crippen LogP contribution is -2.20. The molecule has 8 nitrogen and oxygen atoms in total. The molecule has 1 fully saturated rings. The highest BCUT2D eigenvalue weighted by molar-refractivity contribution is 5.92. The molecule has 1 amide bonds. The zero-order valence-electron chi connectivity index (χ0n) is 15.8. The Morgan fingerprint density at radius 1 is 1.18 bits per heavy atom. The monoisotopic (exact) mass is 379 g/mol. The van der Waals surface area contributed by atoms with E-state index in [1.165, 1.54) is 0 Å². The second kappa shape index (κ2) is 7.67. The van der Waals surface area contributed by atoms with Crippen LogP contribution >= 0.6 is 0 Å². The van der Waals surface area contributed by atoms with Crippen molar-refractivity contribution in [1.29, 1.82) is 0 Å². The highest BCUT2D eigenvalue weighted by atomic mass is 16.5. The quantitative estimate of drug-likeness (QED) is 0.679. The van der Waals surface area contributed by atoms with Crippen molar-refractivity contribution in [2.24, 2.45) is 0 Å². The van der Waals surface area contributed by atoms with Gasteiger partial charge in [0.05, 0.1) is 13.2 Å². The van der Waals surface area contributed by atoms with E-state index in [1.807, 2.05) is 48.0 Å². The molecule has 1 N–H and O–H groups in total. The van der Waals surface area contributed by atoms with Crippen LogP contribution < -0.4 is 14.8 Å². The second-order valence-electron chi connectivity index (χ2n) is 6.75. The van der Waals surface area contributed by atoms with Crippen molar-refractivity contribution in [3.05, 3.63) is 48.0 Å². The number of benzene rings is 2. The van der Waals surface area contributed by atoms with Crippen LogP contribution in [0.1, 0.15) is 24.4 Å². The van der Waals surface area contributed by atoms with Crippen LogP contribution in [0.2, 0.25) is 0 Å². The SMILES string of the molecule is COc1cc(C)ccc1OCC(=O)Nc1ccc(-c2nnnn2C2CC2)cc1. The number of nitrogens with one attached hydrogen (secondary N) is 1. The molecule has 0 aliphatic heterocycles. The molecule has 1 aromatic heterocycles. The number of hydrogen-bond acceptors (Lipinski definition) is 6. The number of tetrazole rings is 1. The van der Waals surface area contributed by atoms with Crippen LogP contribution in [-0.2, 0) is 4.79 Å². The third-order valence-electron chi connectivity index (χ3n) is 4.49. The number of amides is 1. The number of rotatable bonds is 7. The van der Waals surface area contributed by atoms with Crippen LogP contribution in [-0.4, -0.2) is 39.8 Å². The van der Waals surface area contributed by atoms with Gasteiger partial charge in [-0.1, -0.05) is 6.07 Å². The maximum absolute atomic E-state index is 12.2. The van der Waals surface area contributed by atoms with Gasteiger partial charge in [0.1, 0.15) is 0 Å². The number of hydrogen-bond donors (Lipinski definition) is 1. The Bertz CT molecular complexity index is 980. The lowest BCUT2D eigenvalue weighted by molar-refractivity contribution is -0.118. The largest absolute Gasteiger partial charge is 0.493 e. The average molecular weight is 379 g/mol. The van der Waals surface area contributed by atoms with Gasteiger partial charge in [-0.2, -0.15) is 0 Å². The number of carbonyl (C=O) groups is 1. The van der Waals surface area contributed by atoms with Gasteiger partial charge in [0.25, 0.3) is 5.91 Å². The molecule has 0 radical (unpaired) electrons. The van der Waals surface area contributed by atoms with E-state index in [9.17, 15) is 4.79 Å². The van der Waals surface area contributed by atoms with Crippen molar-refractivity contribution in [2.75, 3.05) is 19.0 Å². The van der Waals surface area contributed by atoms with Crippen LogP contribution in [0.15, 0.2) is 42.5 Å². The maximum atomic E-state index is 12.2. The zero-order chi connectivity index (χ0) is 19.5. The Morgan fingerprint density at radius 2 is 1.96 bits per heavy atom. The minimum Gasteiger partial charge on any atom is -0.493 e. The summed E-state index contributed by atoms with van der Waals surface area (Å²) in [4.78, 5) is 12.2. The van der Waals surface area contributed by atoms with E-state index in [-0.39, 0.29) is 12.5 Å². The van der Waals surface area contributed by atoms with Crippen molar-refractivity contribution in [2.45, 2.75) is 25.8 Å². The molecule has 2 aromatic carbocycles. The number of aromatic nitrogens is 4. The zero-order valence-corrected chi connectivity index (χ0v) is 15.8. The van der Waals surface area contributed by atoms with Gasteiger partial charge < -0.3 is 14.8 Å². The molecular weight excluding hydrogens is 358 g/mol. The molecule has 1 heterocycles. The lowest BCUT2D eigenvalue weighted by atomic mass is 10.2. The van der Waals surface area contributed by atoms with E-state index < -0.39 is 0 Å². The fourth-order valence-electron chi connectivity index (χ4n) is 2.89.